The Hall–Kier alpha value is -0.790. The summed E-state index contributed by atoms with van der Waals surface area (Å²) >= 11 is 0. The van der Waals surface area contributed by atoms with E-state index in [0.717, 1.165) is 35.7 Å². The molecule has 2 nitrogen and oxygen atoms in total. The summed E-state index contributed by atoms with van der Waals surface area (Å²) in [6.07, 6.45) is 12.7. The van der Waals surface area contributed by atoms with Crippen LogP contribution in [0.1, 0.15) is 65.2 Å². The molecule has 5 saturated carbocycles. The average Bonchev–Trinajstić information content (AvgIpc) is 2.45. The minimum atomic E-state index is 0.164. The Morgan fingerprint density at radius 2 is 1.64 bits per heavy atom. The molecule has 2 heteroatoms. The standard InChI is InChI=1S/C20H29NO/c1-19(2)15-3-4-16(17(19)8-15)18(22)21-20-9-12-5-13(10-20)7-14(6-12)11-20/h4,12-15,17H,3,5-11H2,1-2H3,(H,21,22)/t12?,13?,14?,15-,17-,20?/m0/s1. The van der Waals surface area contributed by atoms with Crippen LogP contribution in [0, 0.1) is 35.0 Å². The van der Waals surface area contributed by atoms with Crippen LogP contribution in [-0.4, -0.2) is 11.4 Å². The minimum absolute atomic E-state index is 0.164. The second-order valence-corrected chi connectivity index (χ2v) is 9.85. The first-order chi connectivity index (χ1) is 10.5. The molecule has 7 rings (SSSR count). The topological polar surface area (TPSA) is 29.1 Å². The Labute approximate surface area is 134 Å². The lowest BCUT2D eigenvalue weighted by atomic mass is 9.48. The van der Waals surface area contributed by atoms with Crippen LogP contribution in [0.15, 0.2) is 11.6 Å². The van der Waals surface area contributed by atoms with E-state index in [2.05, 4.69) is 25.2 Å². The monoisotopic (exact) mass is 299 g/mol. The van der Waals surface area contributed by atoms with Gasteiger partial charge in [0.2, 0.25) is 5.91 Å². The minimum Gasteiger partial charge on any atom is -0.347 e. The summed E-state index contributed by atoms with van der Waals surface area (Å²) in [6.45, 7) is 4.72. The number of rotatable bonds is 2. The van der Waals surface area contributed by atoms with Gasteiger partial charge in [-0.1, -0.05) is 19.9 Å². The fourth-order valence-corrected chi connectivity index (χ4v) is 7.18. The summed E-state index contributed by atoms with van der Waals surface area (Å²) in [5, 5.41) is 3.58. The first-order valence-corrected chi connectivity index (χ1v) is 9.48. The van der Waals surface area contributed by atoms with Crippen molar-refractivity contribution in [3.63, 3.8) is 0 Å². The van der Waals surface area contributed by atoms with Crippen molar-refractivity contribution < 1.29 is 4.79 Å². The molecule has 6 bridgehead atoms. The van der Waals surface area contributed by atoms with Crippen LogP contribution in [0.2, 0.25) is 0 Å². The summed E-state index contributed by atoms with van der Waals surface area (Å²) < 4.78 is 0. The number of carbonyl (C=O) groups excluding carboxylic acids is 1. The first kappa shape index (κ1) is 13.6. The molecule has 7 aliphatic rings. The number of fused-ring (bicyclic) bond motifs is 1. The molecule has 0 aromatic heterocycles. The third-order valence-electron chi connectivity index (χ3n) is 8.15. The van der Waals surface area contributed by atoms with E-state index in [1.807, 2.05) is 0 Å². The third kappa shape index (κ3) is 1.76. The highest BCUT2D eigenvalue weighted by molar-refractivity contribution is 5.95. The fourth-order valence-electron chi connectivity index (χ4n) is 7.18. The van der Waals surface area contributed by atoms with Crippen LogP contribution < -0.4 is 5.32 Å². The normalized spacial score (nSPS) is 50.3. The van der Waals surface area contributed by atoms with Crippen LogP contribution in [0.4, 0.5) is 0 Å². The van der Waals surface area contributed by atoms with Crippen molar-refractivity contribution >= 4 is 5.91 Å². The molecule has 0 aromatic rings. The van der Waals surface area contributed by atoms with Gasteiger partial charge in [-0.2, -0.15) is 0 Å². The molecule has 0 spiro atoms. The van der Waals surface area contributed by atoms with Gasteiger partial charge in [-0.25, -0.2) is 0 Å². The van der Waals surface area contributed by atoms with Gasteiger partial charge in [0.15, 0.2) is 0 Å². The zero-order valence-corrected chi connectivity index (χ0v) is 14.0. The molecular weight excluding hydrogens is 270 g/mol. The number of nitrogens with one attached hydrogen (secondary N) is 1. The number of amides is 1. The maximum atomic E-state index is 13.0. The number of hydrogen-bond donors (Lipinski definition) is 1. The molecule has 0 radical (unpaired) electrons. The van der Waals surface area contributed by atoms with Gasteiger partial charge in [0.25, 0.3) is 0 Å². The lowest BCUT2D eigenvalue weighted by molar-refractivity contribution is -0.126. The molecule has 2 atom stereocenters. The molecule has 0 saturated heterocycles. The van der Waals surface area contributed by atoms with Gasteiger partial charge in [0.05, 0.1) is 0 Å². The Morgan fingerprint density at radius 3 is 2.14 bits per heavy atom. The van der Waals surface area contributed by atoms with Gasteiger partial charge < -0.3 is 5.32 Å². The molecule has 0 unspecified atom stereocenters. The van der Waals surface area contributed by atoms with Crippen molar-refractivity contribution in [2.75, 3.05) is 0 Å². The molecule has 0 aliphatic heterocycles. The molecule has 120 valence electrons. The Kier molecular flexibility index (Phi) is 2.59. The van der Waals surface area contributed by atoms with E-state index in [4.69, 9.17) is 0 Å². The largest absolute Gasteiger partial charge is 0.347 e. The number of allylic oxidation sites excluding steroid dienone is 1. The van der Waals surface area contributed by atoms with Gasteiger partial charge in [-0.15, -0.1) is 0 Å². The van der Waals surface area contributed by atoms with E-state index in [0.29, 0.717) is 11.3 Å². The van der Waals surface area contributed by atoms with Gasteiger partial charge in [0.1, 0.15) is 0 Å². The Morgan fingerprint density at radius 1 is 1.05 bits per heavy atom. The van der Waals surface area contributed by atoms with Gasteiger partial charge in [-0.05, 0) is 86.4 Å². The lowest BCUT2D eigenvalue weighted by Crippen LogP contribution is -2.61. The average molecular weight is 299 g/mol. The van der Waals surface area contributed by atoms with Crippen molar-refractivity contribution in [1.82, 2.24) is 5.32 Å². The zero-order chi connectivity index (χ0) is 15.1. The van der Waals surface area contributed by atoms with E-state index in [1.54, 1.807) is 0 Å². The predicted molar refractivity (Wildman–Crippen MR) is 87.1 cm³/mol. The summed E-state index contributed by atoms with van der Waals surface area (Å²) in [5.74, 6) is 4.32. The van der Waals surface area contributed by atoms with E-state index in [1.165, 1.54) is 44.9 Å². The summed E-state index contributed by atoms with van der Waals surface area (Å²) in [6, 6.07) is 0. The van der Waals surface area contributed by atoms with E-state index < -0.39 is 0 Å². The van der Waals surface area contributed by atoms with E-state index in [-0.39, 0.29) is 11.4 Å². The first-order valence-electron chi connectivity index (χ1n) is 9.48. The Bertz CT molecular complexity index is 523. The molecule has 22 heavy (non-hydrogen) atoms. The summed E-state index contributed by atoms with van der Waals surface area (Å²) in [5.41, 5.74) is 1.64. The molecule has 7 aliphatic carbocycles. The maximum Gasteiger partial charge on any atom is 0.247 e. The summed E-state index contributed by atoms with van der Waals surface area (Å²) in [4.78, 5) is 13.0. The van der Waals surface area contributed by atoms with Crippen LogP contribution in [0.25, 0.3) is 0 Å². The third-order valence-corrected chi connectivity index (χ3v) is 8.15. The maximum absolute atomic E-state index is 13.0. The second kappa shape index (κ2) is 4.19. The van der Waals surface area contributed by atoms with Crippen LogP contribution in [0.5, 0.6) is 0 Å². The number of carbonyl (C=O) groups is 1. The lowest BCUT2D eigenvalue weighted by Gasteiger charge is -2.58. The van der Waals surface area contributed by atoms with Crippen LogP contribution in [0.3, 0.4) is 0 Å². The molecule has 0 aromatic carbocycles. The molecular formula is C20H29NO. The highest BCUT2D eigenvalue weighted by Crippen LogP contribution is 2.60. The van der Waals surface area contributed by atoms with Gasteiger partial charge in [-0.3, -0.25) is 4.79 Å². The van der Waals surface area contributed by atoms with Crippen molar-refractivity contribution in [1.29, 1.82) is 0 Å². The highest BCUT2D eigenvalue weighted by atomic mass is 16.1. The van der Waals surface area contributed by atoms with E-state index >= 15 is 0 Å². The van der Waals surface area contributed by atoms with Crippen molar-refractivity contribution in [2.24, 2.45) is 35.0 Å². The van der Waals surface area contributed by atoms with Crippen LogP contribution in [-0.2, 0) is 4.79 Å². The second-order valence-electron chi connectivity index (χ2n) is 9.85. The molecule has 1 N–H and O–H groups in total. The van der Waals surface area contributed by atoms with Crippen LogP contribution >= 0.6 is 0 Å². The molecule has 1 amide bonds. The molecule has 0 heterocycles. The molecule has 5 fully saturated rings. The highest BCUT2D eigenvalue weighted by Gasteiger charge is 2.55. The van der Waals surface area contributed by atoms with Gasteiger partial charge >= 0.3 is 0 Å². The van der Waals surface area contributed by atoms with Crippen molar-refractivity contribution in [2.45, 2.75) is 70.8 Å². The SMILES string of the molecule is CC1(C)[C@H]2CC=C(C(=O)NC34CC5CC(CC(C5)C3)C4)[C@@H]1C2. The number of hydrogen-bond acceptors (Lipinski definition) is 1. The quantitative estimate of drug-likeness (QED) is 0.818. The summed E-state index contributed by atoms with van der Waals surface area (Å²) in [7, 11) is 0. The fraction of sp³-hybridized carbons (Fsp3) is 0.850. The van der Waals surface area contributed by atoms with Crippen molar-refractivity contribution in [3.05, 3.63) is 11.6 Å². The Balaban J connectivity index is 1.36. The van der Waals surface area contributed by atoms with Crippen molar-refractivity contribution in [3.8, 4) is 0 Å². The zero-order valence-electron chi connectivity index (χ0n) is 14.0. The van der Waals surface area contributed by atoms with E-state index in [9.17, 15) is 4.79 Å². The smallest absolute Gasteiger partial charge is 0.247 e. The van der Waals surface area contributed by atoms with Gasteiger partial charge in [0, 0.05) is 11.1 Å². The predicted octanol–water partition coefficient (Wildman–Crippen LogP) is 4.06.